The molecule has 18 heavy (non-hydrogen) atoms. The van der Waals surface area contributed by atoms with Gasteiger partial charge in [-0.25, -0.2) is 8.78 Å². The molecule has 1 N–H and O–H groups in total. The summed E-state index contributed by atoms with van der Waals surface area (Å²) in [7, 11) is 3.33. The molecule has 100 valence electrons. The van der Waals surface area contributed by atoms with E-state index in [1.807, 2.05) is 0 Å². The molecule has 0 bridgehead atoms. The molecule has 1 amide bonds. The molecule has 0 aliphatic carbocycles. The van der Waals surface area contributed by atoms with Crippen molar-refractivity contribution in [1.82, 2.24) is 10.2 Å². The van der Waals surface area contributed by atoms with Gasteiger partial charge in [0.05, 0.1) is 5.54 Å². The van der Waals surface area contributed by atoms with Gasteiger partial charge in [-0.3, -0.25) is 4.79 Å². The molecule has 0 spiro atoms. The van der Waals surface area contributed by atoms with E-state index < -0.39 is 17.2 Å². The lowest BCUT2D eigenvalue weighted by Crippen LogP contribution is -2.51. The fraction of sp³-hybridized carbons (Fsp3) is 0.462. The Kier molecular flexibility index (Phi) is 4.40. The second kappa shape index (κ2) is 5.44. The van der Waals surface area contributed by atoms with Crippen molar-refractivity contribution in [3.05, 3.63) is 35.4 Å². The number of amides is 1. The Hall–Kier alpha value is -1.49. The third-order valence-electron chi connectivity index (χ3n) is 2.91. The number of likely N-dealkylation sites (N-methyl/N-ethyl adjacent to an activating group) is 2. The van der Waals surface area contributed by atoms with Gasteiger partial charge in [-0.2, -0.15) is 0 Å². The molecule has 0 radical (unpaired) electrons. The van der Waals surface area contributed by atoms with Gasteiger partial charge in [0.25, 0.3) is 0 Å². The highest BCUT2D eigenvalue weighted by Gasteiger charge is 2.28. The Morgan fingerprint density at radius 3 is 2.44 bits per heavy atom. The summed E-state index contributed by atoms with van der Waals surface area (Å²) in [5, 5.41) is 2.90. The summed E-state index contributed by atoms with van der Waals surface area (Å²) in [6.07, 6.45) is 0. The van der Waals surface area contributed by atoms with Gasteiger partial charge in [-0.15, -0.1) is 0 Å². The molecule has 0 atom stereocenters. The summed E-state index contributed by atoms with van der Waals surface area (Å²) < 4.78 is 25.8. The Bertz CT molecular complexity index is 447. The van der Waals surface area contributed by atoms with Crippen LogP contribution in [0.3, 0.4) is 0 Å². The summed E-state index contributed by atoms with van der Waals surface area (Å²) >= 11 is 0. The molecule has 0 aliphatic heterocycles. The second-order valence-corrected chi connectivity index (χ2v) is 4.78. The smallest absolute Gasteiger partial charge is 0.242 e. The Balaban J connectivity index is 2.78. The van der Waals surface area contributed by atoms with Gasteiger partial charge in [0.1, 0.15) is 0 Å². The van der Waals surface area contributed by atoms with E-state index in [4.69, 9.17) is 0 Å². The van der Waals surface area contributed by atoms with Crippen molar-refractivity contribution >= 4 is 5.91 Å². The van der Waals surface area contributed by atoms with E-state index in [1.165, 1.54) is 11.0 Å². The third kappa shape index (κ3) is 3.26. The molecule has 3 nitrogen and oxygen atoms in total. The molecule has 0 fully saturated rings. The van der Waals surface area contributed by atoms with E-state index >= 15 is 0 Å². The van der Waals surface area contributed by atoms with Crippen LogP contribution < -0.4 is 5.32 Å². The van der Waals surface area contributed by atoms with Crippen molar-refractivity contribution in [1.29, 1.82) is 0 Å². The molecule has 0 saturated heterocycles. The maximum Gasteiger partial charge on any atom is 0.242 e. The SMILES string of the molecule is CNC(C)(C)C(=O)N(C)Cc1ccc(F)c(F)c1. The van der Waals surface area contributed by atoms with Crippen LogP contribution in [0.1, 0.15) is 19.4 Å². The van der Waals surface area contributed by atoms with E-state index in [2.05, 4.69) is 5.32 Å². The summed E-state index contributed by atoms with van der Waals surface area (Å²) in [5.41, 5.74) is -0.135. The zero-order valence-corrected chi connectivity index (χ0v) is 11.1. The van der Waals surface area contributed by atoms with Crippen LogP contribution in [0.15, 0.2) is 18.2 Å². The van der Waals surface area contributed by atoms with Crippen LogP contribution in [-0.4, -0.2) is 30.4 Å². The average molecular weight is 256 g/mol. The second-order valence-electron chi connectivity index (χ2n) is 4.78. The zero-order valence-electron chi connectivity index (χ0n) is 11.1. The van der Waals surface area contributed by atoms with E-state index in [9.17, 15) is 13.6 Å². The first kappa shape index (κ1) is 14.6. The molecule has 1 aromatic carbocycles. The van der Waals surface area contributed by atoms with Crippen LogP contribution >= 0.6 is 0 Å². The first-order valence-corrected chi connectivity index (χ1v) is 5.66. The van der Waals surface area contributed by atoms with Crippen LogP contribution in [-0.2, 0) is 11.3 Å². The molecule has 0 aromatic heterocycles. The predicted molar refractivity (Wildman–Crippen MR) is 66.0 cm³/mol. The van der Waals surface area contributed by atoms with E-state index in [0.717, 1.165) is 12.1 Å². The molecule has 5 heteroatoms. The first-order chi connectivity index (χ1) is 8.27. The van der Waals surface area contributed by atoms with Crippen LogP contribution in [0.2, 0.25) is 0 Å². The van der Waals surface area contributed by atoms with E-state index in [-0.39, 0.29) is 12.5 Å². The lowest BCUT2D eigenvalue weighted by Gasteiger charge is -2.29. The normalized spacial score (nSPS) is 11.4. The van der Waals surface area contributed by atoms with Crippen LogP contribution in [0, 0.1) is 11.6 Å². The Morgan fingerprint density at radius 2 is 1.94 bits per heavy atom. The predicted octanol–water partition coefficient (Wildman–Crippen LogP) is 1.92. The van der Waals surface area contributed by atoms with Gasteiger partial charge in [-0.05, 0) is 38.6 Å². The molecule has 0 heterocycles. The monoisotopic (exact) mass is 256 g/mol. The minimum atomic E-state index is -0.902. The van der Waals surface area contributed by atoms with Crippen molar-refractivity contribution < 1.29 is 13.6 Å². The highest BCUT2D eigenvalue weighted by atomic mass is 19.2. The van der Waals surface area contributed by atoms with Crippen molar-refractivity contribution in [2.75, 3.05) is 14.1 Å². The summed E-state index contributed by atoms with van der Waals surface area (Å²) in [6, 6.07) is 3.63. The maximum absolute atomic E-state index is 13.0. The number of nitrogens with one attached hydrogen (secondary N) is 1. The molecular formula is C13H18F2N2O. The summed E-state index contributed by atoms with van der Waals surface area (Å²) in [5.74, 6) is -1.90. The molecular weight excluding hydrogens is 238 g/mol. The van der Waals surface area contributed by atoms with Crippen molar-refractivity contribution in [3.63, 3.8) is 0 Å². The Morgan fingerprint density at radius 1 is 1.33 bits per heavy atom. The minimum absolute atomic E-state index is 0.116. The van der Waals surface area contributed by atoms with Crippen LogP contribution in [0.4, 0.5) is 8.78 Å². The van der Waals surface area contributed by atoms with Gasteiger partial charge in [0.15, 0.2) is 11.6 Å². The fourth-order valence-electron chi connectivity index (χ4n) is 1.57. The van der Waals surface area contributed by atoms with E-state index in [1.54, 1.807) is 27.9 Å². The van der Waals surface area contributed by atoms with Crippen molar-refractivity contribution in [3.8, 4) is 0 Å². The number of carbonyl (C=O) groups excluding carboxylic acids is 1. The lowest BCUT2D eigenvalue weighted by molar-refractivity contribution is -0.136. The van der Waals surface area contributed by atoms with Crippen molar-refractivity contribution in [2.24, 2.45) is 0 Å². The summed E-state index contributed by atoms with van der Waals surface area (Å²) in [4.78, 5) is 13.5. The molecule has 1 rings (SSSR count). The fourth-order valence-corrected chi connectivity index (χ4v) is 1.57. The van der Waals surface area contributed by atoms with Gasteiger partial charge in [-0.1, -0.05) is 6.07 Å². The minimum Gasteiger partial charge on any atom is -0.340 e. The number of rotatable bonds is 4. The topological polar surface area (TPSA) is 32.3 Å². The molecule has 0 aliphatic rings. The number of hydrogen-bond acceptors (Lipinski definition) is 2. The average Bonchev–Trinajstić information content (AvgIpc) is 2.32. The number of nitrogens with zero attached hydrogens (tertiary/aromatic N) is 1. The third-order valence-corrected chi connectivity index (χ3v) is 2.91. The maximum atomic E-state index is 13.0. The number of hydrogen-bond donors (Lipinski definition) is 1. The first-order valence-electron chi connectivity index (χ1n) is 5.66. The van der Waals surface area contributed by atoms with Gasteiger partial charge >= 0.3 is 0 Å². The lowest BCUT2D eigenvalue weighted by atomic mass is 10.0. The highest BCUT2D eigenvalue weighted by molar-refractivity contribution is 5.85. The number of benzene rings is 1. The number of halogens is 2. The van der Waals surface area contributed by atoms with Gasteiger partial charge in [0, 0.05) is 13.6 Å². The van der Waals surface area contributed by atoms with Gasteiger partial charge < -0.3 is 10.2 Å². The molecule has 0 saturated carbocycles. The number of carbonyl (C=O) groups is 1. The van der Waals surface area contributed by atoms with Crippen LogP contribution in [0.25, 0.3) is 0 Å². The zero-order chi connectivity index (χ0) is 13.9. The standard InChI is InChI=1S/C13H18F2N2O/c1-13(2,16-3)12(18)17(4)8-9-5-6-10(14)11(15)7-9/h5-7,16H,8H2,1-4H3. The Labute approximate surface area is 106 Å². The summed E-state index contributed by atoms with van der Waals surface area (Å²) in [6.45, 7) is 3.76. The quantitative estimate of drug-likeness (QED) is 0.892. The van der Waals surface area contributed by atoms with E-state index in [0.29, 0.717) is 5.56 Å². The molecule has 0 unspecified atom stereocenters. The van der Waals surface area contributed by atoms with Crippen LogP contribution in [0.5, 0.6) is 0 Å². The van der Waals surface area contributed by atoms with Crippen molar-refractivity contribution in [2.45, 2.75) is 25.9 Å². The largest absolute Gasteiger partial charge is 0.340 e. The molecule has 1 aromatic rings. The highest BCUT2D eigenvalue weighted by Crippen LogP contribution is 2.13. The van der Waals surface area contributed by atoms with Gasteiger partial charge in [0.2, 0.25) is 5.91 Å².